The van der Waals surface area contributed by atoms with Crippen LogP contribution in [0.15, 0.2) is 18.3 Å². The molecule has 0 aromatic carbocycles. The summed E-state index contributed by atoms with van der Waals surface area (Å²) in [5.74, 6) is 1.19. The van der Waals surface area contributed by atoms with Gasteiger partial charge in [-0.25, -0.2) is 4.98 Å². The van der Waals surface area contributed by atoms with E-state index in [4.69, 9.17) is 0 Å². The number of pyridine rings is 1. The van der Waals surface area contributed by atoms with Crippen LogP contribution in [-0.4, -0.2) is 11.0 Å². The summed E-state index contributed by atoms with van der Waals surface area (Å²) in [6, 6.07) is 3.68. The maximum absolute atomic E-state index is 12.5. The molecular weight excluding hydrogens is 191 g/mol. The Kier molecular flexibility index (Phi) is 2.89. The number of anilines is 1. The van der Waals surface area contributed by atoms with Gasteiger partial charge in [0.15, 0.2) is 0 Å². The van der Waals surface area contributed by atoms with Gasteiger partial charge in [0.05, 0.1) is 11.9 Å². The molecule has 1 aliphatic carbocycles. The molecule has 1 saturated carbocycles. The second-order valence-electron chi connectivity index (χ2n) is 4.69. The van der Waals surface area contributed by atoms with Gasteiger partial charge < -0.3 is 5.32 Å². The first kappa shape index (κ1) is 10.4. The lowest BCUT2D eigenvalue weighted by atomic mass is 9.73. The topological polar surface area (TPSA) is 24.9 Å². The van der Waals surface area contributed by atoms with Gasteiger partial charge in [-0.05, 0) is 36.8 Å². The second kappa shape index (κ2) is 4.17. The number of halogens is 1. The average Bonchev–Trinajstić information content (AvgIpc) is 2.13. The summed E-state index contributed by atoms with van der Waals surface area (Å²) in [6.07, 6.45) is 3.99. The monoisotopic (exact) mass is 208 g/mol. The lowest BCUT2D eigenvalue weighted by Gasteiger charge is -2.39. The van der Waals surface area contributed by atoms with E-state index in [9.17, 15) is 4.39 Å². The van der Waals surface area contributed by atoms with Crippen molar-refractivity contribution in [3.8, 4) is 0 Å². The Morgan fingerprint density at radius 3 is 2.67 bits per heavy atom. The number of rotatable bonds is 3. The molecule has 1 heterocycles. The zero-order valence-electron chi connectivity index (χ0n) is 9.20. The highest BCUT2D eigenvalue weighted by atomic mass is 19.1. The Bertz CT molecular complexity index is 315. The van der Waals surface area contributed by atoms with Crippen LogP contribution in [0.25, 0.3) is 0 Å². The summed E-state index contributed by atoms with van der Waals surface area (Å²) in [7, 11) is 0. The molecule has 2 rings (SSSR count). The van der Waals surface area contributed by atoms with Crippen LogP contribution >= 0.6 is 0 Å². The van der Waals surface area contributed by atoms with Gasteiger partial charge in [-0.1, -0.05) is 13.8 Å². The molecule has 0 bridgehead atoms. The zero-order valence-corrected chi connectivity index (χ0v) is 9.20. The van der Waals surface area contributed by atoms with E-state index in [1.54, 1.807) is 12.3 Å². The van der Waals surface area contributed by atoms with Crippen molar-refractivity contribution in [1.29, 1.82) is 0 Å². The number of aromatic nitrogens is 1. The van der Waals surface area contributed by atoms with Crippen LogP contribution in [0, 0.1) is 17.8 Å². The molecule has 0 aliphatic heterocycles. The first-order valence-corrected chi connectivity index (χ1v) is 5.53. The Morgan fingerprint density at radius 1 is 1.40 bits per heavy atom. The number of hydrogen-bond donors (Lipinski definition) is 1. The molecule has 1 aromatic heterocycles. The van der Waals surface area contributed by atoms with Crippen LogP contribution in [0.5, 0.6) is 0 Å². The van der Waals surface area contributed by atoms with E-state index in [0.29, 0.717) is 6.04 Å². The molecule has 1 N–H and O–H groups in total. The largest absolute Gasteiger partial charge is 0.381 e. The van der Waals surface area contributed by atoms with Gasteiger partial charge in [-0.15, -0.1) is 0 Å². The molecule has 0 amide bonds. The van der Waals surface area contributed by atoms with E-state index in [1.165, 1.54) is 18.9 Å². The zero-order chi connectivity index (χ0) is 10.8. The van der Waals surface area contributed by atoms with Crippen molar-refractivity contribution in [2.24, 2.45) is 11.8 Å². The molecule has 1 aliphatic rings. The quantitative estimate of drug-likeness (QED) is 0.772. The van der Waals surface area contributed by atoms with E-state index < -0.39 is 5.95 Å². The lowest BCUT2D eigenvalue weighted by molar-refractivity contribution is 0.212. The van der Waals surface area contributed by atoms with Gasteiger partial charge in [0.2, 0.25) is 5.95 Å². The van der Waals surface area contributed by atoms with Crippen molar-refractivity contribution in [2.75, 3.05) is 5.32 Å². The molecule has 0 radical (unpaired) electrons. The average molecular weight is 208 g/mol. The van der Waals surface area contributed by atoms with Crippen LogP contribution in [0.1, 0.15) is 26.7 Å². The van der Waals surface area contributed by atoms with Crippen LogP contribution in [0.4, 0.5) is 10.1 Å². The van der Waals surface area contributed by atoms with Crippen molar-refractivity contribution in [3.05, 3.63) is 24.3 Å². The standard InChI is InChI=1S/C12H17FN2/c1-8(2)9-5-11(6-9)15-10-3-4-12(13)14-7-10/h3-4,7-9,11,15H,5-6H2,1-2H3. The van der Waals surface area contributed by atoms with Gasteiger partial charge in [0, 0.05) is 6.04 Å². The maximum atomic E-state index is 12.5. The summed E-state index contributed by atoms with van der Waals surface area (Å²) in [6.45, 7) is 4.53. The number of hydrogen-bond acceptors (Lipinski definition) is 2. The first-order chi connectivity index (χ1) is 7.15. The minimum Gasteiger partial charge on any atom is -0.381 e. The smallest absolute Gasteiger partial charge is 0.212 e. The Morgan fingerprint density at radius 2 is 2.13 bits per heavy atom. The molecular formula is C12H17FN2. The fourth-order valence-corrected chi connectivity index (χ4v) is 2.02. The molecule has 3 heteroatoms. The third-order valence-electron chi connectivity index (χ3n) is 3.22. The van der Waals surface area contributed by atoms with Crippen molar-refractivity contribution < 1.29 is 4.39 Å². The van der Waals surface area contributed by atoms with Gasteiger partial charge in [0.1, 0.15) is 0 Å². The van der Waals surface area contributed by atoms with Crippen molar-refractivity contribution in [2.45, 2.75) is 32.7 Å². The molecule has 0 unspecified atom stereocenters. The van der Waals surface area contributed by atoms with Gasteiger partial charge in [-0.3, -0.25) is 0 Å². The fraction of sp³-hybridized carbons (Fsp3) is 0.583. The summed E-state index contributed by atoms with van der Waals surface area (Å²) in [5.41, 5.74) is 0.920. The third kappa shape index (κ3) is 2.46. The molecule has 1 aromatic rings. The van der Waals surface area contributed by atoms with Crippen molar-refractivity contribution in [1.82, 2.24) is 4.98 Å². The minimum absolute atomic E-state index is 0.422. The summed E-state index contributed by atoms with van der Waals surface area (Å²) in [5, 5.41) is 3.36. The summed E-state index contributed by atoms with van der Waals surface area (Å²) >= 11 is 0. The Labute approximate surface area is 89.9 Å². The molecule has 15 heavy (non-hydrogen) atoms. The first-order valence-electron chi connectivity index (χ1n) is 5.53. The third-order valence-corrected chi connectivity index (χ3v) is 3.22. The lowest BCUT2D eigenvalue weighted by Crippen LogP contribution is -2.37. The Hall–Kier alpha value is -1.12. The van der Waals surface area contributed by atoms with E-state index in [0.717, 1.165) is 17.5 Å². The Balaban J connectivity index is 1.82. The van der Waals surface area contributed by atoms with Crippen molar-refractivity contribution >= 4 is 5.69 Å². The van der Waals surface area contributed by atoms with Crippen LogP contribution in [0.2, 0.25) is 0 Å². The predicted molar refractivity (Wildman–Crippen MR) is 59.2 cm³/mol. The molecule has 0 saturated heterocycles. The highest BCUT2D eigenvalue weighted by Crippen LogP contribution is 2.35. The highest BCUT2D eigenvalue weighted by molar-refractivity contribution is 5.41. The predicted octanol–water partition coefficient (Wildman–Crippen LogP) is 3.07. The van der Waals surface area contributed by atoms with Gasteiger partial charge in [-0.2, -0.15) is 4.39 Å². The van der Waals surface area contributed by atoms with Crippen molar-refractivity contribution in [3.63, 3.8) is 0 Å². The van der Waals surface area contributed by atoms with Gasteiger partial charge >= 0.3 is 0 Å². The molecule has 82 valence electrons. The molecule has 1 fully saturated rings. The second-order valence-corrected chi connectivity index (χ2v) is 4.69. The molecule has 0 spiro atoms. The molecule has 0 atom stereocenters. The van der Waals surface area contributed by atoms with Gasteiger partial charge in [0.25, 0.3) is 0 Å². The van der Waals surface area contributed by atoms with E-state index >= 15 is 0 Å². The normalized spacial score (nSPS) is 25.1. The van der Waals surface area contributed by atoms with E-state index in [-0.39, 0.29) is 0 Å². The highest BCUT2D eigenvalue weighted by Gasteiger charge is 2.30. The minimum atomic E-state index is -0.422. The SMILES string of the molecule is CC(C)C1CC(Nc2ccc(F)nc2)C1. The summed E-state index contributed by atoms with van der Waals surface area (Å²) in [4.78, 5) is 3.62. The van der Waals surface area contributed by atoms with Crippen LogP contribution in [-0.2, 0) is 0 Å². The van der Waals surface area contributed by atoms with E-state index in [2.05, 4.69) is 24.1 Å². The number of nitrogens with one attached hydrogen (secondary N) is 1. The molecule has 2 nitrogen and oxygen atoms in total. The maximum Gasteiger partial charge on any atom is 0.212 e. The van der Waals surface area contributed by atoms with Crippen LogP contribution in [0.3, 0.4) is 0 Å². The van der Waals surface area contributed by atoms with E-state index in [1.807, 2.05) is 0 Å². The summed E-state index contributed by atoms with van der Waals surface area (Å²) < 4.78 is 12.5. The van der Waals surface area contributed by atoms with Crippen LogP contribution < -0.4 is 5.32 Å². The fourth-order valence-electron chi connectivity index (χ4n) is 2.02. The number of nitrogens with zero attached hydrogens (tertiary/aromatic N) is 1.